The van der Waals surface area contributed by atoms with Crippen molar-refractivity contribution >= 4 is 27.3 Å². The first-order valence-corrected chi connectivity index (χ1v) is 9.19. The number of sulfone groups is 1. The third-order valence-electron chi connectivity index (χ3n) is 4.24. The standard InChI is InChI=1S/C15H18N2O5S/c1-9-14(18)16-12-5-3-4-11(13(12)22-9)15(19)17(2)10-6-7-23(20,21)8-10/h3-5,9-10H,6-8H2,1-2H3,(H,16,18). The van der Waals surface area contributed by atoms with E-state index in [1.165, 1.54) is 4.90 Å². The van der Waals surface area contributed by atoms with Gasteiger partial charge in [0.1, 0.15) is 0 Å². The van der Waals surface area contributed by atoms with Gasteiger partial charge in [-0.25, -0.2) is 8.42 Å². The van der Waals surface area contributed by atoms with Crippen LogP contribution in [0.25, 0.3) is 0 Å². The van der Waals surface area contributed by atoms with E-state index in [9.17, 15) is 18.0 Å². The first-order valence-electron chi connectivity index (χ1n) is 7.36. The van der Waals surface area contributed by atoms with Crippen LogP contribution in [-0.2, 0) is 14.6 Å². The van der Waals surface area contributed by atoms with Crippen molar-refractivity contribution in [3.8, 4) is 5.75 Å². The van der Waals surface area contributed by atoms with E-state index in [4.69, 9.17) is 4.74 Å². The number of anilines is 1. The Morgan fingerprint density at radius 1 is 1.39 bits per heavy atom. The van der Waals surface area contributed by atoms with Crippen molar-refractivity contribution in [2.24, 2.45) is 0 Å². The lowest BCUT2D eigenvalue weighted by Crippen LogP contribution is -2.39. The minimum atomic E-state index is -3.07. The highest BCUT2D eigenvalue weighted by Crippen LogP contribution is 2.34. The molecule has 1 aromatic rings. The first kappa shape index (κ1) is 15.8. The van der Waals surface area contributed by atoms with Gasteiger partial charge in [0, 0.05) is 13.1 Å². The largest absolute Gasteiger partial charge is 0.478 e. The molecular weight excluding hydrogens is 320 g/mol. The minimum Gasteiger partial charge on any atom is -0.478 e. The van der Waals surface area contributed by atoms with Crippen LogP contribution in [0.3, 0.4) is 0 Å². The molecule has 1 N–H and O–H groups in total. The lowest BCUT2D eigenvalue weighted by molar-refractivity contribution is -0.122. The summed E-state index contributed by atoms with van der Waals surface area (Å²) in [6, 6.07) is 4.60. The van der Waals surface area contributed by atoms with Crippen LogP contribution in [0.2, 0.25) is 0 Å². The summed E-state index contributed by atoms with van der Waals surface area (Å²) < 4.78 is 28.8. The Balaban J connectivity index is 1.89. The Labute approximate surface area is 134 Å². The number of hydrogen-bond acceptors (Lipinski definition) is 5. The second kappa shape index (κ2) is 5.52. The van der Waals surface area contributed by atoms with Crippen LogP contribution in [-0.4, -0.2) is 55.8 Å². The van der Waals surface area contributed by atoms with Crippen molar-refractivity contribution in [3.63, 3.8) is 0 Å². The molecule has 0 spiro atoms. The van der Waals surface area contributed by atoms with Crippen molar-refractivity contribution in [1.82, 2.24) is 4.90 Å². The van der Waals surface area contributed by atoms with E-state index < -0.39 is 15.9 Å². The average Bonchev–Trinajstić information content (AvgIpc) is 2.86. The third-order valence-corrected chi connectivity index (χ3v) is 5.99. The van der Waals surface area contributed by atoms with E-state index in [2.05, 4.69) is 5.32 Å². The normalized spacial score (nSPS) is 25.2. The summed E-state index contributed by atoms with van der Waals surface area (Å²) in [7, 11) is -1.48. The third kappa shape index (κ3) is 2.90. The van der Waals surface area contributed by atoms with E-state index >= 15 is 0 Å². The molecule has 0 saturated carbocycles. The number of carbonyl (C=O) groups is 2. The topological polar surface area (TPSA) is 92.8 Å². The molecule has 0 aromatic heterocycles. The molecule has 3 rings (SSSR count). The SMILES string of the molecule is CC1Oc2c(cccc2C(=O)N(C)C2CCS(=O)(=O)C2)NC1=O. The number of fused-ring (bicyclic) bond motifs is 1. The number of amides is 2. The van der Waals surface area contributed by atoms with E-state index in [0.29, 0.717) is 23.4 Å². The predicted octanol–water partition coefficient (Wildman–Crippen LogP) is 0.665. The number of benzene rings is 1. The van der Waals surface area contributed by atoms with Crippen molar-refractivity contribution in [3.05, 3.63) is 23.8 Å². The summed E-state index contributed by atoms with van der Waals surface area (Å²) in [5.41, 5.74) is 0.771. The summed E-state index contributed by atoms with van der Waals surface area (Å²) in [6.07, 6.45) is -0.248. The molecule has 8 heteroatoms. The molecule has 23 heavy (non-hydrogen) atoms. The summed E-state index contributed by atoms with van der Waals surface area (Å²) in [5, 5.41) is 2.70. The van der Waals surface area contributed by atoms with Crippen LogP contribution in [0.4, 0.5) is 5.69 Å². The Kier molecular flexibility index (Phi) is 3.79. The summed E-state index contributed by atoms with van der Waals surface area (Å²) in [4.78, 5) is 25.8. The molecule has 1 aromatic carbocycles. The fourth-order valence-electron chi connectivity index (χ4n) is 2.83. The number of carbonyl (C=O) groups excluding carboxylic acids is 2. The monoisotopic (exact) mass is 338 g/mol. The molecule has 7 nitrogen and oxygen atoms in total. The number of ether oxygens (including phenoxy) is 1. The van der Waals surface area contributed by atoms with Crippen LogP contribution >= 0.6 is 0 Å². The zero-order chi connectivity index (χ0) is 16.8. The number of rotatable bonds is 2. The zero-order valence-electron chi connectivity index (χ0n) is 12.9. The van der Waals surface area contributed by atoms with Crippen molar-refractivity contribution in [2.45, 2.75) is 25.5 Å². The minimum absolute atomic E-state index is 0.0156. The fraction of sp³-hybridized carbons (Fsp3) is 0.467. The van der Waals surface area contributed by atoms with Gasteiger partial charge in [0.15, 0.2) is 21.7 Å². The molecule has 2 aliphatic rings. The molecule has 2 heterocycles. The molecule has 1 fully saturated rings. The zero-order valence-corrected chi connectivity index (χ0v) is 13.7. The molecule has 124 valence electrons. The molecule has 1 saturated heterocycles. The number of hydrogen-bond donors (Lipinski definition) is 1. The van der Waals surface area contributed by atoms with Gasteiger partial charge >= 0.3 is 0 Å². The van der Waals surface area contributed by atoms with Gasteiger partial charge in [-0.15, -0.1) is 0 Å². The van der Waals surface area contributed by atoms with Gasteiger partial charge in [-0.1, -0.05) is 6.07 Å². The van der Waals surface area contributed by atoms with Crippen molar-refractivity contribution in [1.29, 1.82) is 0 Å². The maximum absolute atomic E-state index is 12.7. The number of para-hydroxylation sites is 1. The highest BCUT2D eigenvalue weighted by Gasteiger charge is 2.35. The molecule has 2 atom stereocenters. The lowest BCUT2D eigenvalue weighted by atomic mass is 10.1. The van der Waals surface area contributed by atoms with Crippen LogP contribution in [0.5, 0.6) is 5.75 Å². The Morgan fingerprint density at radius 2 is 2.13 bits per heavy atom. The lowest BCUT2D eigenvalue weighted by Gasteiger charge is -2.28. The Morgan fingerprint density at radius 3 is 2.78 bits per heavy atom. The summed E-state index contributed by atoms with van der Waals surface area (Å²) in [5.74, 6) is -0.161. The number of nitrogens with one attached hydrogen (secondary N) is 1. The molecule has 0 bridgehead atoms. The van der Waals surface area contributed by atoms with Gasteiger partial charge in [0.05, 0.1) is 22.8 Å². The van der Waals surface area contributed by atoms with Gasteiger partial charge < -0.3 is 15.0 Å². The Bertz CT molecular complexity index is 774. The molecule has 2 aliphatic heterocycles. The van der Waals surface area contributed by atoms with Gasteiger partial charge in [-0.2, -0.15) is 0 Å². The van der Waals surface area contributed by atoms with Gasteiger partial charge in [-0.3, -0.25) is 9.59 Å². The smallest absolute Gasteiger partial charge is 0.265 e. The Hall–Kier alpha value is -2.09. The molecule has 0 radical (unpaired) electrons. The van der Waals surface area contributed by atoms with Crippen molar-refractivity contribution < 1.29 is 22.7 Å². The van der Waals surface area contributed by atoms with Gasteiger partial charge in [0.25, 0.3) is 11.8 Å². The molecule has 2 unspecified atom stereocenters. The second-order valence-corrected chi connectivity index (χ2v) is 8.13. The van der Waals surface area contributed by atoms with E-state index in [1.54, 1.807) is 32.2 Å². The van der Waals surface area contributed by atoms with E-state index in [-0.39, 0.29) is 29.4 Å². The maximum atomic E-state index is 12.7. The van der Waals surface area contributed by atoms with E-state index in [1.807, 2.05) is 0 Å². The maximum Gasteiger partial charge on any atom is 0.265 e. The highest BCUT2D eigenvalue weighted by atomic mass is 32.2. The van der Waals surface area contributed by atoms with Crippen LogP contribution < -0.4 is 10.1 Å². The van der Waals surface area contributed by atoms with Crippen LogP contribution in [0, 0.1) is 0 Å². The van der Waals surface area contributed by atoms with Crippen molar-refractivity contribution in [2.75, 3.05) is 23.9 Å². The van der Waals surface area contributed by atoms with Gasteiger partial charge in [0.2, 0.25) is 0 Å². The van der Waals surface area contributed by atoms with E-state index in [0.717, 1.165) is 0 Å². The number of nitrogens with zero attached hydrogens (tertiary/aromatic N) is 1. The quantitative estimate of drug-likeness (QED) is 0.855. The predicted molar refractivity (Wildman–Crippen MR) is 84.3 cm³/mol. The van der Waals surface area contributed by atoms with Gasteiger partial charge in [-0.05, 0) is 25.5 Å². The molecule has 2 amide bonds. The summed E-state index contributed by atoms with van der Waals surface area (Å²) in [6.45, 7) is 1.60. The van der Waals surface area contributed by atoms with Crippen LogP contribution in [0.1, 0.15) is 23.7 Å². The second-order valence-electron chi connectivity index (χ2n) is 5.90. The molecule has 0 aliphatic carbocycles. The fourth-order valence-corrected chi connectivity index (χ4v) is 4.61. The van der Waals surface area contributed by atoms with Crippen LogP contribution in [0.15, 0.2) is 18.2 Å². The highest BCUT2D eigenvalue weighted by molar-refractivity contribution is 7.91. The molecular formula is C15H18N2O5S. The average molecular weight is 338 g/mol. The summed E-state index contributed by atoms with van der Waals surface area (Å²) >= 11 is 0. The first-order chi connectivity index (χ1) is 10.8.